The van der Waals surface area contributed by atoms with Gasteiger partial charge < -0.3 is 10.1 Å². The van der Waals surface area contributed by atoms with Crippen molar-refractivity contribution in [3.05, 3.63) is 82.0 Å². The second kappa shape index (κ2) is 9.08. The molecule has 0 aliphatic carbocycles. The summed E-state index contributed by atoms with van der Waals surface area (Å²) in [5.41, 5.74) is 1.19. The highest BCUT2D eigenvalue weighted by molar-refractivity contribution is 5.90. The van der Waals surface area contributed by atoms with Crippen LogP contribution in [0.1, 0.15) is 12.0 Å². The number of methoxy groups -OCH3 is 1. The summed E-state index contributed by atoms with van der Waals surface area (Å²) in [4.78, 5) is 27.1. The molecular weight excluding hydrogens is 396 g/mol. The number of carbonyl (C=O) groups excluding carboxylic acids is 1. The van der Waals surface area contributed by atoms with Crippen molar-refractivity contribution < 1.29 is 23.2 Å². The van der Waals surface area contributed by atoms with Gasteiger partial charge in [-0.3, -0.25) is 14.9 Å². The second-order valence-electron chi connectivity index (χ2n) is 6.37. The third-order valence-corrected chi connectivity index (χ3v) is 4.36. The number of rotatable bonds is 7. The van der Waals surface area contributed by atoms with Crippen molar-refractivity contribution in [1.29, 1.82) is 0 Å². The minimum absolute atomic E-state index is 0.0274. The van der Waals surface area contributed by atoms with E-state index in [1.165, 1.54) is 31.5 Å². The molecule has 1 aromatic heterocycles. The molecule has 7 nitrogen and oxygen atoms in total. The van der Waals surface area contributed by atoms with Crippen LogP contribution in [0.5, 0.6) is 5.75 Å². The number of aryl methyl sites for hydroxylation is 1. The predicted molar refractivity (Wildman–Crippen MR) is 106 cm³/mol. The molecule has 0 fully saturated rings. The summed E-state index contributed by atoms with van der Waals surface area (Å²) < 4.78 is 31.3. The highest BCUT2D eigenvalue weighted by Crippen LogP contribution is 2.33. The number of nitro groups is 1. The maximum absolute atomic E-state index is 13.3. The van der Waals surface area contributed by atoms with Gasteiger partial charge in [-0.15, -0.1) is 0 Å². The largest absolute Gasteiger partial charge is 0.497 e. The molecule has 3 rings (SSSR count). The zero-order valence-electron chi connectivity index (χ0n) is 15.9. The van der Waals surface area contributed by atoms with Crippen LogP contribution in [-0.2, 0) is 11.2 Å². The molecule has 0 aliphatic rings. The smallest absolute Gasteiger partial charge is 0.280 e. The molecule has 2 aromatic carbocycles. The number of anilines is 1. The van der Waals surface area contributed by atoms with Crippen LogP contribution in [0, 0.1) is 21.7 Å². The maximum Gasteiger partial charge on any atom is 0.280 e. The van der Waals surface area contributed by atoms with Gasteiger partial charge in [-0.05, 0) is 53.9 Å². The van der Waals surface area contributed by atoms with Gasteiger partial charge in [-0.1, -0.05) is 6.07 Å². The molecule has 0 saturated carbocycles. The van der Waals surface area contributed by atoms with Crippen LogP contribution in [-0.4, -0.2) is 22.9 Å². The Morgan fingerprint density at radius 2 is 1.93 bits per heavy atom. The fraction of sp³-hybridized carbons (Fsp3) is 0.143. The summed E-state index contributed by atoms with van der Waals surface area (Å²) in [7, 11) is 1.42. The van der Waals surface area contributed by atoms with Gasteiger partial charge in [0, 0.05) is 12.6 Å². The molecule has 1 amide bonds. The summed E-state index contributed by atoms with van der Waals surface area (Å²) in [6, 6.07) is 11.0. The van der Waals surface area contributed by atoms with Crippen molar-refractivity contribution in [2.45, 2.75) is 12.8 Å². The Kier molecular flexibility index (Phi) is 6.31. The summed E-state index contributed by atoms with van der Waals surface area (Å²) in [6.45, 7) is 0. The zero-order valence-corrected chi connectivity index (χ0v) is 15.9. The van der Waals surface area contributed by atoms with Crippen LogP contribution in [0.15, 0.2) is 54.7 Å². The number of benzene rings is 2. The van der Waals surface area contributed by atoms with Gasteiger partial charge in [-0.25, -0.2) is 13.8 Å². The number of nitrogens with one attached hydrogen (secondary N) is 1. The Labute approximate surface area is 170 Å². The molecule has 1 N–H and O–H groups in total. The molecule has 9 heteroatoms. The number of nitrogens with zero attached hydrogens (tertiary/aromatic N) is 2. The van der Waals surface area contributed by atoms with Gasteiger partial charge in [0.05, 0.1) is 23.7 Å². The molecule has 3 aromatic rings. The average Bonchev–Trinajstić information content (AvgIpc) is 2.74. The first-order valence-electron chi connectivity index (χ1n) is 8.90. The van der Waals surface area contributed by atoms with Crippen LogP contribution in [0.25, 0.3) is 11.1 Å². The number of amides is 1. The van der Waals surface area contributed by atoms with Crippen molar-refractivity contribution >= 4 is 17.4 Å². The third-order valence-electron chi connectivity index (χ3n) is 4.36. The first-order valence-corrected chi connectivity index (χ1v) is 8.90. The van der Waals surface area contributed by atoms with Crippen molar-refractivity contribution in [3.63, 3.8) is 0 Å². The molecule has 0 spiro atoms. The normalized spacial score (nSPS) is 10.5. The van der Waals surface area contributed by atoms with E-state index in [0.29, 0.717) is 22.4 Å². The summed E-state index contributed by atoms with van der Waals surface area (Å²) in [5, 5.41) is 14.0. The van der Waals surface area contributed by atoms with E-state index >= 15 is 0 Å². The molecule has 30 heavy (non-hydrogen) atoms. The monoisotopic (exact) mass is 413 g/mol. The van der Waals surface area contributed by atoms with Gasteiger partial charge in [0.1, 0.15) is 11.6 Å². The zero-order chi connectivity index (χ0) is 21.7. The predicted octanol–water partition coefficient (Wildman–Crippen LogP) is 4.51. The van der Waals surface area contributed by atoms with Crippen molar-refractivity contribution in [3.8, 4) is 16.9 Å². The lowest BCUT2D eigenvalue weighted by Crippen LogP contribution is -2.13. The fourth-order valence-corrected chi connectivity index (χ4v) is 2.86. The van der Waals surface area contributed by atoms with Crippen molar-refractivity contribution in [1.82, 2.24) is 4.98 Å². The second-order valence-corrected chi connectivity index (χ2v) is 6.37. The molecule has 0 unspecified atom stereocenters. The van der Waals surface area contributed by atoms with E-state index in [-0.39, 0.29) is 30.3 Å². The summed E-state index contributed by atoms with van der Waals surface area (Å²) >= 11 is 0. The molecule has 1 heterocycles. The number of halogens is 2. The number of ether oxygens (including phenoxy) is 1. The number of aromatic nitrogens is 1. The van der Waals surface area contributed by atoms with Gasteiger partial charge >= 0.3 is 0 Å². The minimum Gasteiger partial charge on any atom is -0.497 e. The third kappa shape index (κ3) is 4.93. The minimum atomic E-state index is -0.969. The number of hydrogen-bond acceptors (Lipinski definition) is 5. The van der Waals surface area contributed by atoms with E-state index in [1.54, 1.807) is 18.2 Å². The Balaban J connectivity index is 1.73. The van der Waals surface area contributed by atoms with E-state index < -0.39 is 16.6 Å². The average molecular weight is 413 g/mol. The van der Waals surface area contributed by atoms with Crippen LogP contribution < -0.4 is 10.1 Å². The van der Waals surface area contributed by atoms with E-state index in [2.05, 4.69) is 10.3 Å². The van der Waals surface area contributed by atoms with E-state index in [0.717, 1.165) is 12.1 Å². The first kappa shape index (κ1) is 20.8. The van der Waals surface area contributed by atoms with Gasteiger partial charge in [0.15, 0.2) is 11.6 Å². The highest BCUT2D eigenvalue weighted by atomic mass is 19.2. The Morgan fingerprint density at radius 3 is 2.63 bits per heavy atom. The summed E-state index contributed by atoms with van der Waals surface area (Å²) in [6.07, 6.45) is 1.67. The Morgan fingerprint density at radius 1 is 1.13 bits per heavy atom. The lowest BCUT2D eigenvalue weighted by Gasteiger charge is -2.09. The van der Waals surface area contributed by atoms with E-state index in [4.69, 9.17) is 4.74 Å². The van der Waals surface area contributed by atoms with Crippen LogP contribution in [0.3, 0.4) is 0 Å². The van der Waals surface area contributed by atoms with Gasteiger partial charge in [0.2, 0.25) is 5.91 Å². The SMILES string of the molecule is COc1ccc(-c2ccnc(NC(=O)CCc3ccc(F)c(F)c3)c2)c([N+](=O)[O-])c1. The van der Waals surface area contributed by atoms with Gasteiger partial charge in [0.25, 0.3) is 5.69 Å². The highest BCUT2D eigenvalue weighted by Gasteiger charge is 2.17. The lowest BCUT2D eigenvalue weighted by atomic mass is 10.0. The van der Waals surface area contributed by atoms with Crippen LogP contribution in [0.4, 0.5) is 20.3 Å². The van der Waals surface area contributed by atoms with E-state index in [9.17, 15) is 23.7 Å². The fourth-order valence-electron chi connectivity index (χ4n) is 2.86. The number of hydrogen-bond donors (Lipinski definition) is 1. The van der Waals surface area contributed by atoms with Crippen molar-refractivity contribution in [2.24, 2.45) is 0 Å². The molecule has 0 aliphatic heterocycles. The van der Waals surface area contributed by atoms with Gasteiger partial charge in [-0.2, -0.15) is 0 Å². The Bertz CT molecular complexity index is 1110. The number of nitro benzene ring substituents is 1. The van der Waals surface area contributed by atoms with E-state index in [1.807, 2.05) is 0 Å². The number of pyridine rings is 1. The Hall–Kier alpha value is -3.88. The van der Waals surface area contributed by atoms with Crippen LogP contribution >= 0.6 is 0 Å². The summed E-state index contributed by atoms with van der Waals surface area (Å²) in [5.74, 6) is -1.73. The molecule has 154 valence electrons. The molecule has 0 radical (unpaired) electrons. The number of carbonyl (C=O) groups is 1. The maximum atomic E-state index is 13.3. The standard InChI is InChI=1S/C21H17F2N3O4/c1-30-15-4-5-16(19(12-15)26(28)29)14-8-9-24-20(11-14)25-21(27)7-3-13-2-6-17(22)18(23)10-13/h2,4-6,8-12H,3,7H2,1H3,(H,24,25,27). The lowest BCUT2D eigenvalue weighted by molar-refractivity contribution is -0.384. The molecule has 0 bridgehead atoms. The molecule has 0 atom stereocenters. The topological polar surface area (TPSA) is 94.4 Å². The van der Waals surface area contributed by atoms with Crippen LogP contribution in [0.2, 0.25) is 0 Å². The quantitative estimate of drug-likeness (QED) is 0.454. The first-order chi connectivity index (χ1) is 14.4. The van der Waals surface area contributed by atoms with Crippen molar-refractivity contribution in [2.75, 3.05) is 12.4 Å². The molecule has 0 saturated heterocycles. The molecular formula is C21H17F2N3O4.